The second-order valence-corrected chi connectivity index (χ2v) is 3.47. The lowest BCUT2D eigenvalue weighted by Crippen LogP contribution is -2.40. The highest BCUT2D eigenvalue weighted by Crippen LogP contribution is 2.29. The van der Waals surface area contributed by atoms with Gasteiger partial charge >= 0.3 is 12.1 Å². The van der Waals surface area contributed by atoms with Crippen molar-refractivity contribution in [3.63, 3.8) is 0 Å². The third-order valence-corrected chi connectivity index (χ3v) is 2.34. The van der Waals surface area contributed by atoms with Gasteiger partial charge in [0.25, 0.3) is 0 Å². The number of carboxylic acid groups (broad SMARTS) is 1. The number of carbonyl (C=O) groups is 1. The van der Waals surface area contributed by atoms with Crippen LogP contribution in [-0.2, 0) is 4.79 Å². The van der Waals surface area contributed by atoms with Crippen molar-refractivity contribution in [2.75, 3.05) is 0 Å². The summed E-state index contributed by atoms with van der Waals surface area (Å²) in [4.78, 5) is 10.2. The summed E-state index contributed by atoms with van der Waals surface area (Å²) < 4.78 is 36.5. The monoisotopic (exact) mass is 211 g/mol. The maximum absolute atomic E-state index is 12.2. The molecule has 2 N–H and O–H groups in total. The van der Waals surface area contributed by atoms with Gasteiger partial charge in [0.2, 0.25) is 0 Å². The van der Waals surface area contributed by atoms with E-state index in [0.717, 1.165) is 0 Å². The Labute approximate surface area is 79.3 Å². The minimum Gasteiger partial charge on any atom is -0.481 e. The first-order valence-electron chi connectivity index (χ1n) is 4.44. The molecule has 0 aromatic heterocycles. The number of halogens is 3. The SMILES string of the molecule is O=C(O)CC[C@H]1CC[C@H](C(F)(F)F)N1. The van der Waals surface area contributed by atoms with Gasteiger partial charge in [0.05, 0.1) is 0 Å². The van der Waals surface area contributed by atoms with Crippen LogP contribution in [0.25, 0.3) is 0 Å². The molecule has 1 aliphatic heterocycles. The largest absolute Gasteiger partial charge is 0.481 e. The van der Waals surface area contributed by atoms with Gasteiger partial charge in [-0.15, -0.1) is 0 Å². The molecule has 1 heterocycles. The standard InChI is InChI=1S/C8H12F3NO2/c9-8(10,11)6-3-1-5(12-6)2-4-7(13)14/h5-6,12H,1-4H2,(H,13,14)/t5-,6-/m1/s1. The highest BCUT2D eigenvalue weighted by atomic mass is 19.4. The Hall–Kier alpha value is -0.780. The molecule has 1 aliphatic rings. The minimum absolute atomic E-state index is 0.0494. The molecule has 0 bridgehead atoms. The van der Waals surface area contributed by atoms with E-state index in [4.69, 9.17) is 5.11 Å². The molecule has 0 aromatic carbocycles. The van der Waals surface area contributed by atoms with E-state index in [2.05, 4.69) is 5.32 Å². The zero-order valence-electron chi connectivity index (χ0n) is 7.47. The Morgan fingerprint density at radius 2 is 2.07 bits per heavy atom. The molecule has 6 heteroatoms. The third-order valence-electron chi connectivity index (χ3n) is 2.34. The number of aliphatic carboxylic acids is 1. The second-order valence-electron chi connectivity index (χ2n) is 3.47. The van der Waals surface area contributed by atoms with Gasteiger partial charge in [0.1, 0.15) is 6.04 Å². The van der Waals surface area contributed by atoms with Gasteiger partial charge in [-0.1, -0.05) is 0 Å². The van der Waals surface area contributed by atoms with E-state index in [9.17, 15) is 18.0 Å². The van der Waals surface area contributed by atoms with Crippen LogP contribution < -0.4 is 5.32 Å². The first-order valence-corrected chi connectivity index (χ1v) is 4.44. The lowest BCUT2D eigenvalue weighted by molar-refractivity contribution is -0.152. The van der Waals surface area contributed by atoms with Gasteiger partial charge in [0.15, 0.2) is 0 Å². The Kier molecular flexibility index (Phi) is 3.36. The molecule has 82 valence electrons. The summed E-state index contributed by atoms with van der Waals surface area (Å²) in [5.74, 6) is -0.970. The maximum Gasteiger partial charge on any atom is 0.403 e. The van der Waals surface area contributed by atoms with Crippen LogP contribution in [0.1, 0.15) is 25.7 Å². The number of hydrogen-bond acceptors (Lipinski definition) is 2. The lowest BCUT2D eigenvalue weighted by Gasteiger charge is -2.16. The summed E-state index contributed by atoms with van der Waals surface area (Å²) in [6.45, 7) is 0. The molecule has 0 unspecified atom stereocenters. The first-order chi connectivity index (χ1) is 6.39. The molecule has 0 aliphatic carbocycles. The number of alkyl halides is 3. The number of rotatable bonds is 3. The molecule has 1 rings (SSSR count). The van der Waals surface area contributed by atoms with E-state index < -0.39 is 18.2 Å². The first kappa shape index (κ1) is 11.3. The molecule has 2 atom stereocenters. The predicted octanol–water partition coefficient (Wildman–Crippen LogP) is 1.53. The van der Waals surface area contributed by atoms with E-state index in [1.165, 1.54) is 0 Å². The molecule has 1 saturated heterocycles. The van der Waals surface area contributed by atoms with Crippen LogP contribution in [0.5, 0.6) is 0 Å². The minimum atomic E-state index is -4.21. The van der Waals surface area contributed by atoms with E-state index >= 15 is 0 Å². The van der Waals surface area contributed by atoms with Crippen LogP contribution in [-0.4, -0.2) is 29.3 Å². The number of nitrogens with one attached hydrogen (secondary N) is 1. The summed E-state index contributed by atoms with van der Waals surface area (Å²) >= 11 is 0. The number of carboxylic acids is 1. The lowest BCUT2D eigenvalue weighted by atomic mass is 10.1. The van der Waals surface area contributed by atoms with Crippen molar-refractivity contribution in [2.45, 2.75) is 43.9 Å². The molecular formula is C8H12F3NO2. The zero-order chi connectivity index (χ0) is 10.8. The van der Waals surface area contributed by atoms with Gasteiger partial charge in [-0.3, -0.25) is 4.79 Å². The number of hydrogen-bond donors (Lipinski definition) is 2. The molecule has 1 fully saturated rings. The normalized spacial score (nSPS) is 27.9. The summed E-state index contributed by atoms with van der Waals surface area (Å²) in [6.07, 6.45) is -3.58. The molecule has 0 radical (unpaired) electrons. The Bertz CT molecular complexity index is 217. The van der Waals surface area contributed by atoms with Gasteiger partial charge in [-0.2, -0.15) is 13.2 Å². The van der Waals surface area contributed by atoms with Crippen molar-refractivity contribution in [2.24, 2.45) is 0 Å². The van der Waals surface area contributed by atoms with Crippen LogP contribution in [0, 0.1) is 0 Å². The van der Waals surface area contributed by atoms with E-state index in [1.54, 1.807) is 0 Å². The van der Waals surface area contributed by atoms with Crippen molar-refractivity contribution in [3.05, 3.63) is 0 Å². The quantitative estimate of drug-likeness (QED) is 0.744. The van der Waals surface area contributed by atoms with E-state index in [-0.39, 0.29) is 25.3 Å². The average molecular weight is 211 g/mol. The van der Waals surface area contributed by atoms with Crippen molar-refractivity contribution >= 4 is 5.97 Å². The molecule has 0 aromatic rings. The fourth-order valence-corrected chi connectivity index (χ4v) is 1.60. The summed E-state index contributed by atoms with van der Waals surface area (Å²) in [6, 6.07) is -1.76. The molecule has 0 spiro atoms. The third kappa shape index (κ3) is 3.17. The van der Waals surface area contributed by atoms with Crippen molar-refractivity contribution in [3.8, 4) is 0 Å². The maximum atomic E-state index is 12.2. The van der Waals surface area contributed by atoms with Crippen molar-refractivity contribution in [1.82, 2.24) is 5.32 Å². The van der Waals surface area contributed by atoms with Gasteiger partial charge in [-0.05, 0) is 19.3 Å². The smallest absolute Gasteiger partial charge is 0.403 e. The topological polar surface area (TPSA) is 49.3 Å². The van der Waals surface area contributed by atoms with Crippen molar-refractivity contribution in [1.29, 1.82) is 0 Å². The van der Waals surface area contributed by atoms with Crippen LogP contribution in [0.2, 0.25) is 0 Å². The molecule has 0 amide bonds. The molecular weight excluding hydrogens is 199 g/mol. The summed E-state index contributed by atoms with van der Waals surface area (Å²) in [5, 5.41) is 10.7. The van der Waals surface area contributed by atoms with Crippen LogP contribution in [0.4, 0.5) is 13.2 Å². The fourth-order valence-electron chi connectivity index (χ4n) is 1.60. The zero-order valence-corrected chi connectivity index (χ0v) is 7.47. The highest BCUT2D eigenvalue weighted by molar-refractivity contribution is 5.66. The Morgan fingerprint density at radius 1 is 1.43 bits per heavy atom. The predicted molar refractivity (Wildman–Crippen MR) is 42.9 cm³/mol. The molecule has 0 saturated carbocycles. The van der Waals surface area contributed by atoms with Crippen LogP contribution in [0.15, 0.2) is 0 Å². The average Bonchev–Trinajstić information content (AvgIpc) is 2.47. The fraction of sp³-hybridized carbons (Fsp3) is 0.875. The summed E-state index contributed by atoms with van der Waals surface area (Å²) in [5.41, 5.74) is 0. The van der Waals surface area contributed by atoms with Crippen LogP contribution >= 0.6 is 0 Å². The van der Waals surface area contributed by atoms with Crippen LogP contribution in [0.3, 0.4) is 0 Å². The van der Waals surface area contributed by atoms with E-state index in [0.29, 0.717) is 6.42 Å². The van der Waals surface area contributed by atoms with Gasteiger partial charge in [0, 0.05) is 12.5 Å². The summed E-state index contributed by atoms with van der Waals surface area (Å²) in [7, 11) is 0. The Balaban J connectivity index is 2.31. The second kappa shape index (κ2) is 4.16. The highest BCUT2D eigenvalue weighted by Gasteiger charge is 2.43. The van der Waals surface area contributed by atoms with E-state index in [1.807, 2.05) is 0 Å². The Morgan fingerprint density at radius 3 is 2.50 bits per heavy atom. The van der Waals surface area contributed by atoms with Gasteiger partial charge in [-0.25, -0.2) is 0 Å². The van der Waals surface area contributed by atoms with Crippen molar-refractivity contribution < 1.29 is 23.1 Å². The van der Waals surface area contributed by atoms with Gasteiger partial charge < -0.3 is 10.4 Å². The molecule has 14 heavy (non-hydrogen) atoms. The molecule has 3 nitrogen and oxygen atoms in total.